The standard InChI is InChI=1S/C18H27NO2/c1-15-5-7-16(8-6-15)9-10-17(21)19-13-18(14-20)11-3-2-4-12-18/h5-8,20H,2-4,9-14H2,1H3,(H,19,21). The maximum absolute atomic E-state index is 12.0. The van der Waals surface area contributed by atoms with Crippen molar-refractivity contribution < 1.29 is 9.90 Å². The zero-order valence-corrected chi connectivity index (χ0v) is 13.0. The number of aryl methyl sites for hydroxylation is 2. The van der Waals surface area contributed by atoms with Crippen molar-refractivity contribution in [1.29, 1.82) is 0 Å². The van der Waals surface area contributed by atoms with E-state index in [9.17, 15) is 9.90 Å². The fourth-order valence-electron chi connectivity index (χ4n) is 3.08. The molecule has 116 valence electrons. The molecule has 0 saturated heterocycles. The van der Waals surface area contributed by atoms with Gasteiger partial charge in [-0.1, -0.05) is 49.1 Å². The number of carbonyl (C=O) groups is 1. The predicted octanol–water partition coefficient (Wildman–Crippen LogP) is 2.99. The van der Waals surface area contributed by atoms with E-state index in [-0.39, 0.29) is 17.9 Å². The molecule has 3 heteroatoms. The van der Waals surface area contributed by atoms with E-state index >= 15 is 0 Å². The van der Waals surface area contributed by atoms with E-state index in [0.29, 0.717) is 13.0 Å². The third-order valence-electron chi connectivity index (χ3n) is 4.67. The summed E-state index contributed by atoms with van der Waals surface area (Å²) in [4.78, 5) is 12.0. The Bertz CT molecular complexity index is 447. The van der Waals surface area contributed by atoms with Gasteiger partial charge in [0.1, 0.15) is 0 Å². The van der Waals surface area contributed by atoms with Gasteiger partial charge in [-0.05, 0) is 31.7 Å². The van der Waals surface area contributed by atoms with Crippen molar-refractivity contribution in [3.05, 3.63) is 35.4 Å². The lowest BCUT2D eigenvalue weighted by Gasteiger charge is -2.35. The molecule has 1 aromatic carbocycles. The Morgan fingerprint density at radius 2 is 1.86 bits per heavy atom. The molecule has 1 amide bonds. The first-order valence-corrected chi connectivity index (χ1v) is 8.07. The van der Waals surface area contributed by atoms with Gasteiger partial charge in [0, 0.05) is 18.4 Å². The normalized spacial score (nSPS) is 17.4. The van der Waals surface area contributed by atoms with E-state index < -0.39 is 0 Å². The number of aliphatic hydroxyl groups excluding tert-OH is 1. The molecule has 0 heterocycles. The number of carbonyl (C=O) groups excluding carboxylic acids is 1. The number of rotatable bonds is 6. The quantitative estimate of drug-likeness (QED) is 0.846. The topological polar surface area (TPSA) is 49.3 Å². The molecule has 1 aromatic rings. The van der Waals surface area contributed by atoms with E-state index in [1.165, 1.54) is 30.4 Å². The lowest BCUT2D eigenvalue weighted by Crippen LogP contribution is -2.41. The van der Waals surface area contributed by atoms with Crippen LogP contribution in [0.2, 0.25) is 0 Å². The highest BCUT2D eigenvalue weighted by atomic mass is 16.3. The number of aliphatic hydroxyl groups is 1. The van der Waals surface area contributed by atoms with E-state index in [2.05, 4.69) is 36.5 Å². The molecule has 3 nitrogen and oxygen atoms in total. The summed E-state index contributed by atoms with van der Waals surface area (Å²) in [6.07, 6.45) is 6.94. The van der Waals surface area contributed by atoms with Gasteiger partial charge in [0.25, 0.3) is 0 Å². The molecule has 1 fully saturated rings. The van der Waals surface area contributed by atoms with Gasteiger partial charge in [0.05, 0.1) is 6.61 Å². The van der Waals surface area contributed by atoms with Crippen LogP contribution >= 0.6 is 0 Å². The zero-order valence-electron chi connectivity index (χ0n) is 13.0. The number of amides is 1. The number of nitrogens with one attached hydrogen (secondary N) is 1. The molecule has 0 atom stereocenters. The van der Waals surface area contributed by atoms with E-state index in [1.54, 1.807) is 0 Å². The summed E-state index contributed by atoms with van der Waals surface area (Å²) in [5.41, 5.74) is 2.37. The van der Waals surface area contributed by atoms with Crippen molar-refractivity contribution in [3.8, 4) is 0 Å². The van der Waals surface area contributed by atoms with E-state index in [0.717, 1.165) is 19.3 Å². The molecule has 0 bridgehead atoms. The molecule has 0 aromatic heterocycles. The highest BCUT2D eigenvalue weighted by Crippen LogP contribution is 2.35. The monoisotopic (exact) mass is 289 g/mol. The van der Waals surface area contributed by atoms with Gasteiger partial charge < -0.3 is 10.4 Å². The molecule has 0 unspecified atom stereocenters. The number of benzene rings is 1. The second-order valence-electron chi connectivity index (χ2n) is 6.48. The Kier molecular flexibility index (Phi) is 5.80. The lowest BCUT2D eigenvalue weighted by molar-refractivity contribution is -0.121. The summed E-state index contributed by atoms with van der Waals surface area (Å²) in [7, 11) is 0. The molecule has 1 aliphatic rings. The molecule has 21 heavy (non-hydrogen) atoms. The minimum atomic E-state index is -0.0717. The number of hydrogen-bond acceptors (Lipinski definition) is 2. The fraction of sp³-hybridized carbons (Fsp3) is 0.611. The van der Waals surface area contributed by atoms with Gasteiger partial charge >= 0.3 is 0 Å². The number of hydrogen-bond donors (Lipinski definition) is 2. The Morgan fingerprint density at radius 1 is 1.19 bits per heavy atom. The first-order chi connectivity index (χ1) is 10.1. The SMILES string of the molecule is Cc1ccc(CCC(=O)NCC2(CO)CCCCC2)cc1. The van der Waals surface area contributed by atoms with Crippen LogP contribution in [-0.4, -0.2) is 24.2 Å². The summed E-state index contributed by atoms with van der Waals surface area (Å²) in [5.74, 6) is 0.0916. The van der Waals surface area contributed by atoms with Gasteiger partial charge in [0.2, 0.25) is 5.91 Å². The van der Waals surface area contributed by atoms with Gasteiger partial charge in [-0.25, -0.2) is 0 Å². The smallest absolute Gasteiger partial charge is 0.220 e. The molecular weight excluding hydrogens is 262 g/mol. The highest BCUT2D eigenvalue weighted by molar-refractivity contribution is 5.76. The zero-order chi connectivity index (χ0) is 15.1. The van der Waals surface area contributed by atoms with Crippen LogP contribution in [0, 0.1) is 12.3 Å². The van der Waals surface area contributed by atoms with Crippen molar-refractivity contribution >= 4 is 5.91 Å². The fourth-order valence-corrected chi connectivity index (χ4v) is 3.08. The highest BCUT2D eigenvalue weighted by Gasteiger charge is 2.31. The molecule has 2 rings (SSSR count). The molecule has 0 spiro atoms. The first-order valence-electron chi connectivity index (χ1n) is 8.07. The van der Waals surface area contributed by atoms with Crippen LogP contribution in [0.3, 0.4) is 0 Å². The largest absolute Gasteiger partial charge is 0.396 e. The Balaban J connectivity index is 1.75. The molecule has 2 N–H and O–H groups in total. The summed E-state index contributed by atoms with van der Waals surface area (Å²) in [6, 6.07) is 8.32. The third kappa shape index (κ3) is 4.85. The second kappa shape index (κ2) is 7.60. The van der Waals surface area contributed by atoms with Crippen LogP contribution in [0.25, 0.3) is 0 Å². The van der Waals surface area contributed by atoms with Crippen LogP contribution in [0.1, 0.15) is 49.7 Å². The van der Waals surface area contributed by atoms with Crippen molar-refractivity contribution in [1.82, 2.24) is 5.32 Å². The summed E-state index contributed by atoms with van der Waals surface area (Å²) in [6.45, 7) is 2.87. The Morgan fingerprint density at radius 3 is 2.48 bits per heavy atom. The third-order valence-corrected chi connectivity index (χ3v) is 4.67. The lowest BCUT2D eigenvalue weighted by atomic mass is 9.74. The van der Waals surface area contributed by atoms with Crippen LogP contribution in [0.15, 0.2) is 24.3 Å². The van der Waals surface area contributed by atoms with Gasteiger partial charge in [-0.3, -0.25) is 4.79 Å². The van der Waals surface area contributed by atoms with Crippen molar-refractivity contribution in [3.63, 3.8) is 0 Å². The summed E-state index contributed by atoms with van der Waals surface area (Å²) in [5, 5.41) is 12.7. The van der Waals surface area contributed by atoms with Gasteiger partial charge in [-0.15, -0.1) is 0 Å². The summed E-state index contributed by atoms with van der Waals surface area (Å²) >= 11 is 0. The average Bonchev–Trinajstić information content (AvgIpc) is 2.53. The van der Waals surface area contributed by atoms with E-state index in [4.69, 9.17) is 0 Å². The maximum Gasteiger partial charge on any atom is 0.220 e. The predicted molar refractivity (Wildman–Crippen MR) is 85.1 cm³/mol. The molecular formula is C18H27NO2. The van der Waals surface area contributed by atoms with Crippen molar-refractivity contribution in [2.75, 3.05) is 13.2 Å². The molecule has 0 radical (unpaired) electrons. The van der Waals surface area contributed by atoms with Crippen molar-refractivity contribution in [2.45, 2.75) is 51.9 Å². The molecule has 1 aliphatic carbocycles. The molecule has 0 aliphatic heterocycles. The van der Waals surface area contributed by atoms with Crippen molar-refractivity contribution in [2.24, 2.45) is 5.41 Å². The van der Waals surface area contributed by atoms with E-state index in [1.807, 2.05) is 0 Å². The second-order valence-corrected chi connectivity index (χ2v) is 6.48. The van der Waals surface area contributed by atoms with Gasteiger partial charge in [-0.2, -0.15) is 0 Å². The summed E-state index contributed by atoms with van der Waals surface area (Å²) < 4.78 is 0. The van der Waals surface area contributed by atoms with Crippen LogP contribution < -0.4 is 5.32 Å². The minimum Gasteiger partial charge on any atom is -0.396 e. The Labute approximate surface area is 127 Å². The van der Waals surface area contributed by atoms with Crippen LogP contribution in [0.4, 0.5) is 0 Å². The Hall–Kier alpha value is -1.35. The maximum atomic E-state index is 12.0. The molecule has 1 saturated carbocycles. The average molecular weight is 289 g/mol. The van der Waals surface area contributed by atoms with Crippen LogP contribution in [0.5, 0.6) is 0 Å². The van der Waals surface area contributed by atoms with Gasteiger partial charge in [0.15, 0.2) is 0 Å². The minimum absolute atomic E-state index is 0.0717. The van der Waals surface area contributed by atoms with Crippen LogP contribution in [-0.2, 0) is 11.2 Å². The first kappa shape index (κ1) is 16.0.